The van der Waals surface area contributed by atoms with E-state index in [1.54, 1.807) is 58.9 Å². The maximum Gasteiger partial charge on any atom is 0.527 e. The Kier molecular flexibility index (Phi) is 13.2. The summed E-state index contributed by atoms with van der Waals surface area (Å²) in [5, 5.41) is 4.13. The van der Waals surface area contributed by atoms with Crippen LogP contribution in [0.5, 0.6) is 0 Å². The van der Waals surface area contributed by atoms with E-state index < -0.39 is 41.6 Å². The number of hydrogen-bond donors (Lipinski definition) is 1. The summed E-state index contributed by atoms with van der Waals surface area (Å²) in [4.78, 5) is 79.1. The standard InChI is InChI=1S/C32H41N5O9/c1-6-43-26(38)15-13-23-21-25(34-28(33-23)22-11-9-8-10-12-22)29(40)35-24(14-16-27(39)45-32(3,4)5)30(41)36-17-19-37(20-18-36)46-31(42)44-7-2/h8-13,15,21,24H,6-7,14,16-20H2,1-5H3,(H,35,40)/b15-13+/t24-/m0/s1. The summed E-state index contributed by atoms with van der Waals surface area (Å²) in [5.74, 6) is -1.98. The van der Waals surface area contributed by atoms with E-state index in [0.717, 1.165) is 0 Å². The fourth-order valence-corrected chi connectivity index (χ4v) is 4.34. The number of rotatable bonds is 12. The van der Waals surface area contributed by atoms with Gasteiger partial charge in [0.1, 0.15) is 17.3 Å². The van der Waals surface area contributed by atoms with E-state index in [4.69, 9.17) is 19.0 Å². The molecule has 1 aliphatic heterocycles. The molecule has 14 nitrogen and oxygen atoms in total. The van der Waals surface area contributed by atoms with Crippen molar-refractivity contribution >= 4 is 36.0 Å². The monoisotopic (exact) mass is 639 g/mol. The molecule has 0 saturated carbocycles. The smallest absolute Gasteiger partial charge is 0.463 e. The highest BCUT2D eigenvalue weighted by Gasteiger charge is 2.31. The molecule has 0 bridgehead atoms. The zero-order valence-electron chi connectivity index (χ0n) is 26.8. The van der Waals surface area contributed by atoms with Gasteiger partial charge in [-0.2, -0.15) is 0 Å². The molecule has 46 heavy (non-hydrogen) atoms. The lowest BCUT2D eigenvalue weighted by atomic mass is 10.1. The second kappa shape index (κ2) is 17.0. The van der Waals surface area contributed by atoms with Crippen molar-refractivity contribution < 1.29 is 43.0 Å². The summed E-state index contributed by atoms with van der Waals surface area (Å²) < 4.78 is 15.2. The quantitative estimate of drug-likeness (QED) is 0.205. The van der Waals surface area contributed by atoms with Crippen molar-refractivity contribution in [1.29, 1.82) is 0 Å². The maximum absolute atomic E-state index is 13.7. The van der Waals surface area contributed by atoms with E-state index in [9.17, 15) is 24.0 Å². The molecule has 2 heterocycles. The Morgan fingerprint density at radius 1 is 0.957 bits per heavy atom. The third-order valence-electron chi connectivity index (χ3n) is 6.36. The van der Waals surface area contributed by atoms with Gasteiger partial charge in [0.15, 0.2) is 5.82 Å². The van der Waals surface area contributed by atoms with Crippen LogP contribution in [0, 0.1) is 0 Å². The van der Waals surface area contributed by atoms with Gasteiger partial charge in [-0.25, -0.2) is 19.6 Å². The van der Waals surface area contributed by atoms with Gasteiger partial charge in [-0.1, -0.05) is 30.3 Å². The average Bonchev–Trinajstić information content (AvgIpc) is 3.01. The summed E-state index contributed by atoms with van der Waals surface area (Å²) in [5.41, 5.74) is 0.113. The number of aromatic nitrogens is 2. The Balaban J connectivity index is 1.84. The highest BCUT2D eigenvalue weighted by molar-refractivity contribution is 5.97. The number of esters is 2. The van der Waals surface area contributed by atoms with Crippen molar-refractivity contribution in [2.75, 3.05) is 39.4 Å². The lowest BCUT2D eigenvalue weighted by Crippen LogP contribution is -2.55. The van der Waals surface area contributed by atoms with E-state index in [-0.39, 0.29) is 69.4 Å². The second-order valence-corrected chi connectivity index (χ2v) is 11.1. The van der Waals surface area contributed by atoms with Crippen LogP contribution in [0.3, 0.4) is 0 Å². The van der Waals surface area contributed by atoms with Crippen molar-refractivity contribution in [3.8, 4) is 11.4 Å². The Labute approximate surface area is 268 Å². The van der Waals surface area contributed by atoms with Gasteiger partial charge in [0.2, 0.25) is 5.91 Å². The van der Waals surface area contributed by atoms with Crippen LogP contribution < -0.4 is 5.32 Å². The number of hydroxylamine groups is 2. The van der Waals surface area contributed by atoms with Gasteiger partial charge < -0.3 is 29.3 Å². The van der Waals surface area contributed by atoms with Crippen LogP contribution in [-0.4, -0.2) is 101 Å². The molecule has 1 fully saturated rings. The first kappa shape index (κ1) is 35.6. The largest absolute Gasteiger partial charge is 0.527 e. The fourth-order valence-electron chi connectivity index (χ4n) is 4.34. The lowest BCUT2D eigenvalue weighted by Gasteiger charge is -2.35. The second-order valence-electron chi connectivity index (χ2n) is 11.1. The summed E-state index contributed by atoms with van der Waals surface area (Å²) in [6, 6.07) is 9.24. The first-order chi connectivity index (χ1) is 21.9. The Morgan fingerprint density at radius 3 is 2.26 bits per heavy atom. The van der Waals surface area contributed by atoms with E-state index in [0.29, 0.717) is 5.56 Å². The number of piperazine rings is 1. The highest BCUT2D eigenvalue weighted by Crippen LogP contribution is 2.18. The molecular weight excluding hydrogens is 598 g/mol. The zero-order valence-corrected chi connectivity index (χ0v) is 26.8. The minimum absolute atomic E-state index is 0.0364. The number of ether oxygens (including phenoxy) is 3. The predicted octanol–water partition coefficient (Wildman–Crippen LogP) is 3.17. The molecular formula is C32H41N5O9. The summed E-state index contributed by atoms with van der Waals surface area (Å²) in [6.07, 6.45) is 1.60. The van der Waals surface area contributed by atoms with Crippen molar-refractivity contribution in [2.45, 2.75) is 59.1 Å². The first-order valence-corrected chi connectivity index (χ1v) is 15.1. The van der Waals surface area contributed by atoms with E-state index in [1.807, 2.05) is 6.07 Å². The molecule has 14 heteroatoms. The van der Waals surface area contributed by atoms with Gasteiger partial charge in [0, 0.05) is 31.1 Å². The molecule has 1 aromatic carbocycles. The molecule has 1 N–H and O–H groups in total. The van der Waals surface area contributed by atoms with Gasteiger partial charge in [0.25, 0.3) is 5.91 Å². The minimum Gasteiger partial charge on any atom is -0.463 e. The third kappa shape index (κ3) is 11.6. The van der Waals surface area contributed by atoms with Crippen LogP contribution in [0.4, 0.5) is 4.79 Å². The van der Waals surface area contributed by atoms with Crippen LogP contribution in [0.25, 0.3) is 17.5 Å². The van der Waals surface area contributed by atoms with E-state index in [2.05, 4.69) is 15.3 Å². The number of nitrogens with one attached hydrogen (secondary N) is 1. The van der Waals surface area contributed by atoms with Gasteiger partial charge in [-0.15, -0.1) is 5.06 Å². The van der Waals surface area contributed by atoms with Gasteiger partial charge in [-0.05, 0) is 53.2 Å². The van der Waals surface area contributed by atoms with Gasteiger partial charge in [0.05, 0.1) is 32.0 Å². The normalized spacial score (nSPS) is 14.3. The van der Waals surface area contributed by atoms with E-state index >= 15 is 0 Å². The summed E-state index contributed by atoms with van der Waals surface area (Å²) in [7, 11) is 0. The topological polar surface area (TPSA) is 167 Å². The molecule has 0 spiro atoms. The molecule has 0 aliphatic carbocycles. The van der Waals surface area contributed by atoms with Crippen LogP contribution in [0.15, 0.2) is 42.5 Å². The minimum atomic E-state index is -1.11. The predicted molar refractivity (Wildman–Crippen MR) is 166 cm³/mol. The van der Waals surface area contributed by atoms with Crippen LogP contribution in [-0.2, 0) is 33.4 Å². The lowest BCUT2D eigenvalue weighted by molar-refractivity contribution is -0.158. The maximum atomic E-state index is 13.7. The Morgan fingerprint density at radius 2 is 1.63 bits per heavy atom. The Hall–Kier alpha value is -4.85. The number of nitrogens with zero attached hydrogens (tertiary/aromatic N) is 4. The highest BCUT2D eigenvalue weighted by atomic mass is 16.8. The van der Waals surface area contributed by atoms with Gasteiger partial charge >= 0.3 is 18.1 Å². The number of carbonyl (C=O) groups is 5. The molecule has 2 aromatic rings. The zero-order chi connectivity index (χ0) is 33.7. The molecule has 248 valence electrons. The molecule has 1 aromatic heterocycles. The van der Waals surface area contributed by atoms with E-state index in [1.165, 1.54) is 28.2 Å². The van der Waals surface area contributed by atoms with Crippen molar-refractivity contribution in [1.82, 2.24) is 25.2 Å². The molecule has 0 radical (unpaired) electrons. The SMILES string of the molecule is CCOC(=O)/C=C/c1cc(C(=O)N[C@@H](CCC(=O)OC(C)(C)C)C(=O)N2CCN(OC(=O)OCC)CC2)nc(-c2ccccc2)n1. The van der Waals surface area contributed by atoms with Crippen LogP contribution in [0.2, 0.25) is 0 Å². The summed E-state index contributed by atoms with van der Waals surface area (Å²) >= 11 is 0. The van der Waals surface area contributed by atoms with Crippen molar-refractivity contribution in [3.05, 3.63) is 53.9 Å². The average molecular weight is 640 g/mol. The fraction of sp³-hybridized carbons (Fsp3) is 0.469. The number of benzene rings is 1. The molecule has 1 aliphatic rings. The molecule has 3 rings (SSSR count). The third-order valence-corrected chi connectivity index (χ3v) is 6.36. The Bertz CT molecular complexity index is 1400. The molecule has 2 amide bonds. The van der Waals surface area contributed by atoms with Crippen molar-refractivity contribution in [3.63, 3.8) is 0 Å². The van der Waals surface area contributed by atoms with Crippen LogP contribution >= 0.6 is 0 Å². The first-order valence-electron chi connectivity index (χ1n) is 15.1. The summed E-state index contributed by atoms with van der Waals surface area (Å²) in [6.45, 7) is 9.76. The van der Waals surface area contributed by atoms with Crippen molar-refractivity contribution in [2.24, 2.45) is 0 Å². The molecule has 0 unspecified atom stereocenters. The number of carbonyl (C=O) groups excluding carboxylic acids is 5. The number of amides is 2. The molecule has 1 atom stereocenters. The van der Waals surface area contributed by atoms with Gasteiger partial charge in [-0.3, -0.25) is 14.4 Å². The molecule has 1 saturated heterocycles. The number of hydrogen-bond acceptors (Lipinski definition) is 12. The van der Waals surface area contributed by atoms with Crippen LogP contribution in [0.1, 0.15) is 63.6 Å².